The molecule has 3 aromatic rings. The Morgan fingerprint density at radius 2 is 1.79 bits per heavy atom. The lowest BCUT2D eigenvalue weighted by Gasteiger charge is -2.10. The third-order valence-electron chi connectivity index (χ3n) is 4.17. The molecular weight excluding hydrogens is 388 g/mol. The van der Waals surface area contributed by atoms with Gasteiger partial charge in [0.05, 0.1) is 5.75 Å². The van der Waals surface area contributed by atoms with Gasteiger partial charge in [0.2, 0.25) is 5.91 Å². The number of nitrogens with two attached hydrogens (primary N) is 1. The van der Waals surface area contributed by atoms with Crippen LogP contribution in [0.1, 0.15) is 12.5 Å². The lowest BCUT2D eigenvalue weighted by molar-refractivity contribution is -0.113. The van der Waals surface area contributed by atoms with E-state index in [1.165, 1.54) is 11.8 Å². The van der Waals surface area contributed by atoms with Gasteiger partial charge in [-0.15, -0.1) is 10.2 Å². The molecule has 0 fully saturated rings. The number of urea groups is 1. The van der Waals surface area contributed by atoms with Crippen molar-refractivity contribution in [3.05, 3.63) is 54.1 Å². The van der Waals surface area contributed by atoms with Crippen LogP contribution in [-0.2, 0) is 11.3 Å². The topological polar surface area (TPSA) is 115 Å². The summed E-state index contributed by atoms with van der Waals surface area (Å²) in [7, 11) is 0. The van der Waals surface area contributed by atoms with Gasteiger partial charge in [-0.2, -0.15) is 0 Å². The molecule has 0 unspecified atom stereocenters. The van der Waals surface area contributed by atoms with E-state index in [2.05, 4.69) is 20.8 Å². The predicted molar refractivity (Wildman–Crippen MR) is 115 cm³/mol. The number of hydrogen-bond donors (Lipinski definition) is 3. The Labute approximate surface area is 172 Å². The molecule has 2 aromatic carbocycles. The van der Waals surface area contributed by atoms with E-state index in [0.717, 1.165) is 17.0 Å². The molecule has 4 N–H and O–H groups in total. The highest BCUT2D eigenvalue weighted by Crippen LogP contribution is 2.26. The summed E-state index contributed by atoms with van der Waals surface area (Å²) in [4.78, 5) is 23.3. The molecule has 3 amide bonds. The van der Waals surface area contributed by atoms with E-state index >= 15 is 0 Å². The Bertz CT molecular complexity index is 1030. The number of thioether (sulfide) groups is 1. The van der Waals surface area contributed by atoms with Crippen molar-refractivity contribution < 1.29 is 9.59 Å². The summed E-state index contributed by atoms with van der Waals surface area (Å²) in [5.41, 5.74) is 8.34. The van der Waals surface area contributed by atoms with Crippen LogP contribution < -0.4 is 16.4 Å². The number of aromatic nitrogens is 3. The molecule has 150 valence electrons. The first-order valence-electron chi connectivity index (χ1n) is 9.06. The van der Waals surface area contributed by atoms with Crippen molar-refractivity contribution >= 4 is 35.1 Å². The van der Waals surface area contributed by atoms with Crippen LogP contribution in [0.3, 0.4) is 0 Å². The summed E-state index contributed by atoms with van der Waals surface area (Å²) >= 11 is 1.32. The van der Waals surface area contributed by atoms with Gasteiger partial charge in [0.15, 0.2) is 11.0 Å². The summed E-state index contributed by atoms with van der Waals surface area (Å²) < 4.78 is 2.00. The van der Waals surface area contributed by atoms with Crippen molar-refractivity contribution in [1.29, 1.82) is 0 Å². The number of primary amides is 1. The molecule has 1 heterocycles. The monoisotopic (exact) mass is 410 g/mol. The van der Waals surface area contributed by atoms with E-state index in [0.29, 0.717) is 23.1 Å². The van der Waals surface area contributed by atoms with E-state index in [1.54, 1.807) is 24.3 Å². The Morgan fingerprint density at radius 1 is 1.07 bits per heavy atom. The van der Waals surface area contributed by atoms with E-state index in [4.69, 9.17) is 5.73 Å². The molecule has 0 radical (unpaired) electrons. The summed E-state index contributed by atoms with van der Waals surface area (Å²) in [6.07, 6.45) is 0. The third-order valence-corrected chi connectivity index (χ3v) is 5.13. The maximum atomic E-state index is 12.3. The largest absolute Gasteiger partial charge is 0.351 e. The second-order valence-corrected chi connectivity index (χ2v) is 7.21. The van der Waals surface area contributed by atoms with Gasteiger partial charge in [-0.3, -0.25) is 4.79 Å². The molecule has 29 heavy (non-hydrogen) atoms. The number of hydrogen-bond acceptors (Lipinski definition) is 5. The zero-order chi connectivity index (χ0) is 20.8. The highest BCUT2D eigenvalue weighted by atomic mass is 32.2. The van der Waals surface area contributed by atoms with Crippen LogP contribution in [-0.4, -0.2) is 32.5 Å². The number of carbonyl (C=O) groups excluding carboxylic acids is 2. The maximum absolute atomic E-state index is 12.3. The molecule has 0 saturated carbocycles. The average Bonchev–Trinajstić information content (AvgIpc) is 3.09. The van der Waals surface area contributed by atoms with Crippen LogP contribution >= 0.6 is 11.8 Å². The van der Waals surface area contributed by atoms with Crippen LogP contribution in [0.4, 0.5) is 16.2 Å². The minimum atomic E-state index is -0.660. The number of nitrogens with zero attached hydrogens (tertiary/aromatic N) is 3. The van der Waals surface area contributed by atoms with Gasteiger partial charge in [-0.25, -0.2) is 4.79 Å². The smallest absolute Gasteiger partial charge is 0.316 e. The molecular formula is C20H22N6O2S. The minimum absolute atomic E-state index is 0.180. The zero-order valence-corrected chi connectivity index (χ0v) is 17.0. The van der Waals surface area contributed by atoms with Crippen LogP contribution in [0.15, 0.2) is 53.7 Å². The van der Waals surface area contributed by atoms with Gasteiger partial charge in [0, 0.05) is 23.5 Å². The molecule has 0 aliphatic carbocycles. The standard InChI is InChI=1S/C20H22N6O2S/c1-3-26-18(16-10-5-4-7-13(16)2)24-25-20(26)29-12-17(27)22-14-8-6-9-15(11-14)23-19(21)28/h4-11H,3,12H2,1-2H3,(H,22,27)(H3,21,23,28). The Morgan fingerprint density at radius 3 is 2.48 bits per heavy atom. The van der Waals surface area contributed by atoms with E-state index in [1.807, 2.05) is 42.7 Å². The molecule has 0 atom stereocenters. The molecule has 0 bridgehead atoms. The van der Waals surface area contributed by atoms with Crippen molar-refractivity contribution in [2.45, 2.75) is 25.5 Å². The highest BCUT2D eigenvalue weighted by molar-refractivity contribution is 7.99. The molecule has 0 saturated heterocycles. The SMILES string of the molecule is CCn1c(SCC(=O)Nc2cccc(NC(N)=O)c2)nnc1-c1ccccc1C. The lowest BCUT2D eigenvalue weighted by Crippen LogP contribution is -2.19. The van der Waals surface area contributed by atoms with Gasteiger partial charge < -0.3 is 20.9 Å². The quantitative estimate of drug-likeness (QED) is 0.516. The fourth-order valence-electron chi connectivity index (χ4n) is 2.85. The first-order valence-corrected chi connectivity index (χ1v) is 10.0. The maximum Gasteiger partial charge on any atom is 0.316 e. The lowest BCUT2D eigenvalue weighted by atomic mass is 10.1. The van der Waals surface area contributed by atoms with E-state index in [9.17, 15) is 9.59 Å². The number of aryl methyl sites for hydroxylation is 1. The predicted octanol–water partition coefficient (Wildman–Crippen LogP) is 3.49. The van der Waals surface area contributed by atoms with Crippen LogP contribution in [0.25, 0.3) is 11.4 Å². The molecule has 8 nitrogen and oxygen atoms in total. The molecule has 0 aliphatic rings. The number of nitrogens with one attached hydrogen (secondary N) is 2. The third kappa shape index (κ3) is 5.14. The fourth-order valence-corrected chi connectivity index (χ4v) is 3.65. The summed E-state index contributed by atoms with van der Waals surface area (Å²) in [5.74, 6) is 0.785. The minimum Gasteiger partial charge on any atom is -0.351 e. The summed E-state index contributed by atoms with van der Waals surface area (Å²) in [5, 5.41) is 14.6. The zero-order valence-electron chi connectivity index (χ0n) is 16.2. The van der Waals surface area contributed by atoms with E-state index in [-0.39, 0.29) is 11.7 Å². The van der Waals surface area contributed by atoms with Crippen molar-refractivity contribution in [2.75, 3.05) is 16.4 Å². The summed E-state index contributed by atoms with van der Waals surface area (Å²) in [6, 6.07) is 14.1. The second-order valence-electron chi connectivity index (χ2n) is 6.27. The molecule has 9 heteroatoms. The van der Waals surface area contributed by atoms with E-state index < -0.39 is 6.03 Å². The highest BCUT2D eigenvalue weighted by Gasteiger charge is 2.16. The van der Waals surface area contributed by atoms with Crippen molar-refractivity contribution in [2.24, 2.45) is 5.73 Å². The van der Waals surface area contributed by atoms with Gasteiger partial charge in [0.25, 0.3) is 0 Å². The molecule has 1 aromatic heterocycles. The first kappa shape index (κ1) is 20.4. The molecule has 0 aliphatic heterocycles. The van der Waals surface area contributed by atoms with Crippen LogP contribution in [0.5, 0.6) is 0 Å². The van der Waals surface area contributed by atoms with Crippen molar-refractivity contribution in [1.82, 2.24) is 14.8 Å². The molecule has 3 rings (SSSR count). The normalized spacial score (nSPS) is 10.6. The second kappa shape index (κ2) is 9.24. The van der Waals surface area contributed by atoms with Gasteiger partial charge in [0.1, 0.15) is 0 Å². The Hall–Kier alpha value is -3.33. The Balaban J connectivity index is 1.67. The Kier molecular flexibility index (Phi) is 6.50. The van der Waals surface area contributed by atoms with Crippen molar-refractivity contribution in [3.63, 3.8) is 0 Å². The summed E-state index contributed by atoms with van der Waals surface area (Å²) in [6.45, 7) is 4.75. The van der Waals surface area contributed by atoms with Gasteiger partial charge in [-0.05, 0) is 37.6 Å². The molecule has 0 spiro atoms. The number of carbonyl (C=O) groups is 2. The number of anilines is 2. The number of benzene rings is 2. The van der Waals surface area contributed by atoms with Gasteiger partial charge >= 0.3 is 6.03 Å². The average molecular weight is 411 g/mol. The first-order chi connectivity index (χ1) is 14.0. The van der Waals surface area contributed by atoms with Crippen molar-refractivity contribution in [3.8, 4) is 11.4 Å². The number of rotatable bonds is 7. The van der Waals surface area contributed by atoms with Gasteiger partial charge in [-0.1, -0.05) is 42.1 Å². The number of amides is 3. The fraction of sp³-hybridized carbons (Fsp3) is 0.200. The van der Waals surface area contributed by atoms with Crippen LogP contribution in [0, 0.1) is 6.92 Å². The van der Waals surface area contributed by atoms with Crippen LogP contribution in [0.2, 0.25) is 0 Å².